The van der Waals surface area contributed by atoms with E-state index in [1.165, 1.54) is 5.56 Å². The second-order valence-electron chi connectivity index (χ2n) is 5.91. The summed E-state index contributed by atoms with van der Waals surface area (Å²) in [6, 6.07) is 8.38. The first-order valence-electron chi connectivity index (χ1n) is 7.66. The molecule has 0 spiro atoms. The normalized spacial score (nSPS) is 13.0. The third kappa shape index (κ3) is 6.53. The van der Waals surface area contributed by atoms with E-state index in [1.54, 1.807) is 11.8 Å². The van der Waals surface area contributed by atoms with Crippen molar-refractivity contribution in [1.82, 2.24) is 10.6 Å². The lowest BCUT2D eigenvalue weighted by molar-refractivity contribution is -0.121. The summed E-state index contributed by atoms with van der Waals surface area (Å²) in [5.74, 6) is 0.101. The lowest BCUT2D eigenvalue weighted by atomic mass is 10.0. The Labute approximate surface area is 133 Å². The molecule has 0 aromatic heterocycles. The first kappa shape index (κ1) is 18.1. The molecule has 0 aliphatic carbocycles. The van der Waals surface area contributed by atoms with Gasteiger partial charge in [-0.3, -0.25) is 4.79 Å². The Morgan fingerprint density at radius 2 is 2.05 bits per heavy atom. The molecule has 0 fully saturated rings. The largest absolute Gasteiger partial charge is 0.350 e. The Balaban J connectivity index is 2.61. The third-order valence-electron chi connectivity index (χ3n) is 3.51. The van der Waals surface area contributed by atoms with Crippen LogP contribution in [0.3, 0.4) is 0 Å². The quantitative estimate of drug-likeness (QED) is 0.721. The number of hydrogen-bond donors (Lipinski definition) is 2. The Kier molecular flexibility index (Phi) is 7.26. The predicted octanol–water partition coefficient (Wildman–Crippen LogP) is 3.58. The summed E-state index contributed by atoms with van der Waals surface area (Å²) in [6.45, 7) is 12.1. The number of rotatable bonds is 8. The Hall–Kier alpha value is -1.00. The van der Waals surface area contributed by atoms with E-state index < -0.39 is 0 Å². The molecule has 4 heteroatoms. The van der Waals surface area contributed by atoms with E-state index in [0.717, 1.165) is 24.4 Å². The van der Waals surface area contributed by atoms with Gasteiger partial charge in [0, 0.05) is 17.0 Å². The van der Waals surface area contributed by atoms with Crippen LogP contribution in [0.2, 0.25) is 0 Å². The van der Waals surface area contributed by atoms with Crippen LogP contribution < -0.4 is 10.6 Å². The predicted molar refractivity (Wildman–Crippen MR) is 91.7 cm³/mol. The van der Waals surface area contributed by atoms with Gasteiger partial charge in [0.25, 0.3) is 0 Å². The molecule has 1 aromatic carbocycles. The van der Waals surface area contributed by atoms with Crippen molar-refractivity contribution >= 4 is 17.7 Å². The number of thioether (sulfide) groups is 1. The SMILES string of the molecule is CCNCc1cccc(SC(C)C(=O)NC(C)(C)CC)c1. The highest BCUT2D eigenvalue weighted by atomic mass is 32.2. The molecule has 0 saturated heterocycles. The summed E-state index contributed by atoms with van der Waals surface area (Å²) >= 11 is 1.61. The van der Waals surface area contributed by atoms with Crippen molar-refractivity contribution in [2.75, 3.05) is 6.54 Å². The fourth-order valence-electron chi connectivity index (χ4n) is 1.78. The van der Waals surface area contributed by atoms with E-state index in [-0.39, 0.29) is 16.7 Å². The van der Waals surface area contributed by atoms with E-state index in [1.807, 2.05) is 6.92 Å². The van der Waals surface area contributed by atoms with Crippen molar-refractivity contribution in [2.24, 2.45) is 0 Å². The minimum Gasteiger partial charge on any atom is -0.350 e. The summed E-state index contributed by atoms with van der Waals surface area (Å²) in [4.78, 5) is 13.4. The zero-order valence-corrected chi connectivity index (χ0v) is 14.6. The highest BCUT2D eigenvalue weighted by Crippen LogP contribution is 2.25. The summed E-state index contributed by atoms with van der Waals surface area (Å²) in [5, 5.41) is 6.33. The van der Waals surface area contributed by atoms with Gasteiger partial charge in [0.15, 0.2) is 0 Å². The lowest BCUT2D eigenvalue weighted by Gasteiger charge is -2.26. The molecule has 0 saturated carbocycles. The summed E-state index contributed by atoms with van der Waals surface area (Å²) in [6.07, 6.45) is 0.925. The molecule has 0 aliphatic rings. The second-order valence-corrected chi connectivity index (χ2v) is 7.33. The van der Waals surface area contributed by atoms with Gasteiger partial charge >= 0.3 is 0 Å². The van der Waals surface area contributed by atoms with Crippen LogP contribution >= 0.6 is 11.8 Å². The Morgan fingerprint density at radius 3 is 2.67 bits per heavy atom. The van der Waals surface area contributed by atoms with E-state index >= 15 is 0 Å². The standard InChI is InChI=1S/C17H28N2OS/c1-6-17(4,5)19-16(20)13(3)21-15-10-8-9-14(11-15)12-18-7-2/h8-11,13,18H,6-7,12H2,1-5H3,(H,19,20). The molecule has 2 N–H and O–H groups in total. The summed E-state index contributed by atoms with van der Waals surface area (Å²) in [5.41, 5.74) is 1.11. The molecule has 1 aromatic rings. The number of nitrogens with one attached hydrogen (secondary N) is 2. The molecule has 1 unspecified atom stereocenters. The van der Waals surface area contributed by atoms with Crippen LogP contribution in [-0.2, 0) is 11.3 Å². The third-order valence-corrected chi connectivity index (χ3v) is 4.60. The van der Waals surface area contributed by atoms with Crippen molar-refractivity contribution in [3.63, 3.8) is 0 Å². The van der Waals surface area contributed by atoms with Gasteiger partial charge in [-0.1, -0.05) is 26.0 Å². The van der Waals surface area contributed by atoms with Crippen molar-refractivity contribution in [3.8, 4) is 0 Å². The van der Waals surface area contributed by atoms with Gasteiger partial charge in [0.1, 0.15) is 0 Å². The molecule has 1 amide bonds. The van der Waals surface area contributed by atoms with Crippen LogP contribution in [0.15, 0.2) is 29.2 Å². The van der Waals surface area contributed by atoms with Gasteiger partial charge in [-0.05, 0) is 51.4 Å². The monoisotopic (exact) mass is 308 g/mol. The average Bonchev–Trinajstić information content (AvgIpc) is 2.45. The minimum atomic E-state index is -0.140. The zero-order chi connectivity index (χ0) is 15.9. The van der Waals surface area contributed by atoms with Gasteiger partial charge in [-0.15, -0.1) is 11.8 Å². The lowest BCUT2D eigenvalue weighted by Crippen LogP contribution is -2.46. The van der Waals surface area contributed by atoms with Crippen LogP contribution in [-0.4, -0.2) is 23.2 Å². The topological polar surface area (TPSA) is 41.1 Å². The average molecular weight is 308 g/mol. The van der Waals surface area contributed by atoms with Crippen LogP contribution in [0.25, 0.3) is 0 Å². The van der Waals surface area contributed by atoms with Crippen LogP contribution in [0, 0.1) is 0 Å². The van der Waals surface area contributed by atoms with Gasteiger partial charge in [-0.2, -0.15) is 0 Å². The highest BCUT2D eigenvalue weighted by Gasteiger charge is 2.22. The number of carbonyl (C=O) groups excluding carboxylic acids is 1. The van der Waals surface area contributed by atoms with Gasteiger partial charge < -0.3 is 10.6 Å². The molecule has 118 valence electrons. The fraction of sp³-hybridized carbons (Fsp3) is 0.588. The molecule has 3 nitrogen and oxygen atoms in total. The first-order chi connectivity index (χ1) is 9.88. The highest BCUT2D eigenvalue weighted by molar-refractivity contribution is 8.00. The van der Waals surface area contributed by atoms with Crippen LogP contribution in [0.1, 0.15) is 46.6 Å². The van der Waals surface area contributed by atoms with Crippen molar-refractivity contribution in [3.05, 3.63) is 29.8 Å². The summed E-state index contributed by atoms with van der Waals surface area (Å²) in [7, 11) is 0. The summed E-state index contributed by atoms with van der Waals surface area (Å²) < 4.78 is 0. The van der Waals surface area contributed by atoms with Gasteiger partial charge in [-0.25, -0.2) is 0 Å². The number of hydrogen-bond acceptors (Lipinski definition) is 3. The molecule has 1 rings (SSSR count). The van der Waals surface area contributed by atoms with Crippen LogP contribution in [0.5, 0.6) is 0 Å². The Morgan fingerprint density at radius 1 is 1.33 bits per heavy atom. The number of benzene rings is 1. The number of carbonyl (C=O) groups is 1. The smallest absolute Gasteiger partial charge is 0.233 e. The maximum Gasteiger partial charge on any atom is 0.233 e. The minimum absolute atomic E-state index is 0.0924. The molecule has 21 heavy (non-hydrogen) atoms. The van der Waals surface area contributed by atoms with E-state index in [2.05, 4.69) is 62.6 Å². The van der Waals surface area contributed by atoms with Crippen molar-refractivity contribution in [1.29, 1.82) is 0 Å². The molecule has 1 atom stereocenters. The Bertz CT molecular complexity index is 460. The molecule has 0 heterocycles. The van der Waals surface area contributed by atoms with E-state index in [9.17, 15) is 4.79 Å². The van der Waals surface area contributed by atoms with Crippen molar-refractivity contribution in [2.45, 2.75) is 63.3 Å². The fourth-order valence-corrected chi connectivity index (χ4v) is 2.73. The molecule has 0 radical (unpaired) electrons. The second kappa shape index (κ2) is 8.44. The molecular formula is C17H28N2OS. The molecule has 0 aliphatic heterocycles. The van der Waals surface area contributed by atoms with E-state index in [0.29, 0.717) is 0 Å². The van der Waals surface area contributed by atoms with E-state index in [4.69, 9.17) is 0 Å². The maximum atomic E-state index is 12.2. The van der Waals surface area contributed by atoms with Crippen molar-refractivity contribution < 1.29 is 4.79 Å². The first-order valence-corrected chi connectivity index (χ1v) is 8.54. The van der Waals surface area contributed by atoms with Gasteiger partial charge in [0.2, 0.25) is 5.91 Å². The molecule has 0 bridgehead atoms. The molecular weight excluding hydrogens is 280 g/mol. The zero-order valence-electron chi connectivity index (χ0n) is 13.8. The number of amides is 1. The van der Waals surface area contributed by atoms with Crippen LogP contribution in [0.4, 0.5) is 0 Å². The van der Waals surface area contributed by atoms with Gasteiger partial charge in [0.05, 0.1) is 5.25 Å². The maximum absolute atomic E-state index is 12.2.